The Morgan fingerprint density at radius 3 is 2.57 bits per heavy atom. The van der Waals surface area contributed by atoms with E-state index in [0.29, 0.717) is 10.6 Å². The topological polar surface area (TPSA) is 32.3 Å². The molecule has 0 atom stereocenters. The third kappa shape index (κ3) is 3.77. The van der Waals surface area contributed by atoms with E-state index in [2.05, 4.69) is 25.2 Å². The first kappa shape index (κ1) is 15.9. The van der Waals surface area contributed by atoms with Crippen LogP contribution in [0.15, 0.2) is 24.3 Å². The van der Waals surface area contributed by atoms with Gasteiger partial charge >= 0.3 is 0 Å². The summed E-state index contributed by atoms with van der Waals surface area (Å²) in [6, 6.07) is 7.64. The van der Waals surface area contributed by atoms with E-state index in [1.165, 1.54) is 20.2 Å². The lowest BCUT2D eigenvalue weighted by Crippen LogP contribution is -2.22. The monoisotopic (exact) mass is 322 g/mol. The summed E-state index contributed by atoms with van der Waals surface area (Å²) in [6.07, 6.45) is 0. The van der Waals surface area contributed by atoms with E-state index in [9.17, 15) is 4.79 Å². The highest BCUT2D eigenvalue weighted by Gasteiger charge is 2.13. The van der Waals surface area contributed by atoms with Crippen LogP contribution in [0.5, 0.6) is 0 Å². The Morgan fingerprint density at radius 2 is 2.00 bits per heavy atom. The van der Waals surface area contributed by atoms with Crippen molar-refractivity contribution in [1.29, 1.82) is 0 Å². The smallest absolute Gasteiger partial charge is 0.254 e. The molecule has 1 amide bonds. The number of anilines is 1. The van der Waals surface area contributed by atoms with Gasteiger partial charge in [-0.1, -0.05) is 11.6 Å². The van der Waals surface area contributed by atoms with Gasteiger partial charge in [-0.05, 0) is 43.7 Å². The molecule has 3 nitrogen and oxygen atoms in total. The summed E-state index contributed by atoms with van der Waals surface area (Å²) in [5.41, 5.74) is 2.70. The Balaban J connectivity index is 2.16. The molecule has 0 unspecified atom stereocenters. The number of hydrogen-bond acceptors (Lipinski definition) is 3. The first-order valence-electron chi connectivity index (χ1n) is 6.69. The first-order chi connectivity index (χ1) is 9.88. The van der Waals surface area contributed by atoms with Crippen LogP contribution in [0.2, 0.25) is 5.02 Å². The van der Waals surface area contributed by atoms with Crippen molar-refractivity contribution in [3.05, 3.63) is 50.2 Å². The summed E-state index contributed by atoms with van der Waals surface area (Å²) in [5, 5.41) is 3.83. The molecule has 112 valence electrons. The fraction of sp³-hybridized carbons (Fsp3) is 0.312. The zero-order valence-electron chi connectivity index (χ0n) is 12.7. The summed E-state index contributed by atoms with van der Waals surface area (Å²) in [5.74, 6) is -0.0915. The fourth-order valence-electron chi connectivity index (χ4n) is 2.10. The van der Waals surface area contributed by atoms with Crippen LogP contribution in [0.25, 0.3) is 0 Å². The number of amides is 1. The highest BCUT2D eigenvalue weighted by molar-refractivity contribution is 7.12. The molecule has 21 heavy (non-hydrogen) atoms. The molecule has 1 N–H and O–H groups in total. The van der Waals surface area contributed by atoms with Gasteiger partial charge in [0.1, 0.15) is 0 Å². The number of nitrogens with one attached hydrogen (secondary N) is 1. The fourth-order valence-corrected chi connectivity index (χ4v) is 3.24. The molecule has 0 aliphatic carbocycles. The van der Waals surface area contributed by atoms with E-state index in [-0.39, 0.29) is 5.91 Å². The van der Waals surface area contributed by atoms with Crippen molar-refractivity contribution < 1.29 is 4.79 Å². The maximum Gasteiger partial charge on any atom is 0.254 e. The lowest BCUT2D eigenvalue weighted by molar-refractivity contribution is 0.0828. The molecule has 2 aromatic rings. The number of aryl methyl sites for hydroxylation is 2. The Hall–Kier alpha value is -1.52. The summed E-state index contributed by atoms with van der Waals surface area (Å²) in [7, 11) is 3.44. The molecule has 2 rings (SSSR count). The quantitative estimate of drug-likeness (QED) is 0.908. The zero-order valence-corrected chi connectivity index (χ0v) is 14.2. The molecule has 0 saturated heterocycles. The van der Waals surface area contributed by atoms with E-state index in [1.807, 2.05) is 6.07 Å². The second kappa shape index (κ2) is 6.50. The molecule has 5 heteroatoms. The van der Waals surface area contributed by atoms with Crippen LogP contribution >= 0.6 is 22.9 Å². The summed E-state index contributed by atoms with van der Waals surface area (Å²) >= 11 is 7.90. The van der Waals surface area contributed by atoms with Gasteiger partial charge in [0.25, 0.3) is 5.91 Å². The molecule has 1 aromatic carbocycles. The largest absolute Gasteiger partial charge is 0.381 e. The maximum atomic E-state index is 12.1. The molecular formula is C16H19ClN2OS. The minimum Gasteiger partial charge on any atom is -0.381 e. The molecule has 0 aliphatic rings. The summed E-state index contributed by atoms with van der Waals surface area (Å²) in [4.78, 5) is 16.2. The van der Waals surface area contributed by atoms with Crippen molar-refractivity contribution in [2.75, 3.05) is 19.4 Å². The number of benzene rings is 1. The van der Waals surface area contributed by atoms with Crippen LogP contribution in [-0.4, -0.2) is 24.9 Å². The van der Waals surface area contributed by atoms with Gasteiger partial charge in [0.15, 0.2) is 0 Å². The van der Waals surface area contributed by atoms with Gasteiger partial charge in [0.2, 0.25) is 0 Å². The number of carbonyl (C=O) groups excluding carboxylic acids is 1. The van der Waals surface area contributed by atoms with E-state index in [0.717, 1.165) is 12.2 Å². The van der Waals surface area contributed by atoms with Crippen molar-refractivity contribution >= 4 is 34.5 Å². The second-order valence-corrected chi connectivity index (χ2v) is 7.05. The van der Waals surface area contributed by atoms with Crippen molar-refractivity contribution in [2.24, 2.45) is 0 Å². The van der Waals surface area contributed by atoms with Crippen LogP contribution < -0.4 is 5.32 Å². The molecule has 1 aromatic heterocycles. The third-order valence-corrected chi connectivity index (χ3v) is 4.57. The van der Waals surface area contributed by atoms with Crippen LogP contribution in [-0.2, 0) is 6.54 Å². The van der Waals surface area contributed by atoms with Crippen LogP contribution in [0.4, 0.5) is 5.69 Å². The number of carbonyl (C=O) groups is 1. The van der Waals surface area contributed by atoms with Gasteiger partial charge in [-0.25, -0.2) is 0 Å². The Bertz CT molecular complexity index is 664. The lowest BCUT2D eigenvalue weighted by Gasteiger charge is -2.13. The Kier molecular flexibility index (Phi) is 4.91. The molecule has 0 spiro atoms. The van der Waals surface area contributed by atoms with Gasteiger partial charge in [0, 0.05) is 36.1 Å². The zero-order chi connectivity index (χ0) is 15.6. The van der Waals surface area contributed by atoms with Crippen LogP contribution in [0.1, 0.15) is 25.7 Å². The normalized spacial score (nSPS) is 10.5. The maximum absolute atomic E-state index is 12.1. The molecule has 0 aliphatic heterocycles. The predicted molar refractivity (Wildman–Crippen MR) is 90.6 cm³/mol. The molecule has 0 saturated carbocycles. The number of halogens is 1. The van der Waals surface area contributed by atoms with Gasteiger partial charge in [-0.3, -0.25) is 4.79 Å². The third-order valence-electron chi connectivity index (χ3n) is 3.23. The number of rotatable bonds is 4. The van der Waals surface area contributed by atoms with Crippen molar-refractivity contribution in [3.8, 4) is 0 Å². The average molecular weight is 323 g/mol. The van der Waals surface area contributed by atoms with E-state index in [4.69, 9.17) is 11.6 Å². The van der Waals surface area contributed by atoms with Crippen LogP contribution in [0, 0.1) is 13.8 Å². The second-order valence-electron chi connectivity index (χ2n) is 5.19. The average Bonchev–Trinajstić information content (AvgIpc) is 2.75. The van der Waals surface area contributed by atoms with E-state index < -0.39 is 0 Å². The standard InChI is InChI=1S/C16H19ClN2OS/c1-10-7-12(11(2)21-10)9-18-13-5-6-15(17)14(8-13)16(20)19(3)4/h5-8,18H,9H2,1-4H3. The van der Waals surface area contributed by atoms with Gasteiger partial charge in [-0.2, -0.15) is 0 Å². The van der Waals surface area contributed by atoms with Gasteiger partial charge < -0.3 is 10.2 Å². The first-order valence-corrected chi connectivity index (χ1v) is 7.89. The highest BCUT2D eigenvalue weighted by Crippen LogP contribution is 2.24. The SMILES string of the molecule is Cc1cc(CNc2ccc(Cl)c(C(=O)N(C)C)c2)c(C)s1. The van der Waals surface area contributed by atoms with Crippen molar-refractivity contribution in [3.63, 3.8) is 0 Å². The summed E-state index contributed by atoms with van der Waals surface area (Å²) < 4.78 is 0. The van der Waals surface area contributed by atoms with Crippen molar-refractivity contribution in [2.45, 2.75) is 20.4 Å². The molecule has 0 fully saturated rings. The highest BCUT2D eigenvalue weighted by atomic mass is 35.5. The van der Waals surface area contributed by atoms with Gasteiger partial charge in [0.05, 0.1) is 10.6 Å². The van der Waals surface area contributed by atoms with E-state index in [1.54, 1.807) is 37.6 Å². The minimum atomic E-state index is -0.0915. The molecule has 1 heterocycles. The predicted octanol–water partition coefficient (Wildman–Crippen LogP) is 4.33. The minimum absolute atomic E-state index is 0.0915. The number of hydrogen-bond donors (Lipinski definition) is 1. The van der Waals surface area contributed by atoms with Crippen LogP contribution in [0.3, 0.4) is 0 Å². The summed E-state index contributed by atoms with van der Waals surface area (Å²) in [6.45, 7) is 4.97. The van der Waals surface area contributed by atoms with Gasteiger partial charge in [-0.15, -0.1) is 11.3 Å². The lowest BCUT2D eigenvalue weighted by atomic mass is 10.1. The number of thiophene rings is 1. The van der Waals surface area contributed by atoms with E-state index >= 15 is 0 Å². The molecule has 0 radical (unpaired) electrons. The Labute approximate surface area is 134 Å². The van der Waals surface area contributed by atoms with Crippen molar-refractivity contribution in [1.82, 2.24) is 4.90 Å². The molecular weight excluding hydrogens is 304 g/mol. The Morgan fingerprint density at radius 1 is 1.29 bits per heavy atom. The number of nitrogens with zero attached hydrogens (tertiary/aromatic N) is 1. The molecule has 0 bridgehead atoms.